The van der Waals surface area contributed by atoms with Gasteiger partial charge < -0.3 is 15.1 Å². The molecule has 11 rings (SSSR count). The molecule has 5 aliphatic rings. The fraction of sp³-hybridized carbons (Fsp3) is 0.364. The third-order valence-electron chi connectivity index (χ3n) is 13.1. The molecule has 3 fully saturated rings. The van der Waals surface area contributed by atoms with Crippen molar-refractivity contribution in [2.45, 2.75) is 68.1 Å². The zero-order valence-corrected chi connectivity index (χ0v) is 33.5. The summed E-state index contributed by atoms with van der Waals surface area (Å²) in [5.74, 6) is -8.71. The molecule has 0 radical (unpaired) electrons. The number of benzene rings is 2. The molecule has 0 unspecified atom stereocenters. The number of hydrogen-bond donors (Lipinski definition) is 1. The van der Waals surface area contributed by atoms with Gasteiger partial charge in [0.05, 0.1) is 16.4 Å². The number of nitrogens with zero attached hydrogens (tertiary/aromatic N) is 7. The second-order valence-corrected chi connectivity index (χ2v) is 18.0. The quantitative estimate of drug-likeness (QED) is 0.144. The molecule has 10 nitrogen and oxygen atoms in total. The number of anilines is 2. The van der Waals surface area contributed by atoms with Gasteiger partial charge >= 0.3 is 6.18 Å². The summed E-state index contributed by atoms with van der Waals surface area (Å²) >= 11 is 1.40. The van der Waals surface area contributed by atoms with Crippen LogP contribution in [0.5, 0.6) is 0 Å². The fourth-order valence-corrected chi connectivity index (χ4v) is 10.9. The van der Waals surface area contributed by atoms with Crippen molar-refractivity contribution in [2.24, 2.45) is 5.92 Å². The normalized spacial score (nSPS) is 21.0. The van der Waals surface area contributed by atoms with Gasteiger partial charge in [-0.1, -0.05) is 23.5 Å². The van der Waals surface area contributed by atoms with E-state index in [1.165, 1.54) is 11.3 Å². The first-order valence-corrected chi connectivity index (χ1v) is 21.2. The lowest BCUT2D eigenvalue weighted by atomic mass is 9.92. The van der Waals surface area contributed by atoms with E-state index in [2.05, 4.69) is 25.2 Å². The van der Waals surface area contributed by atoms with E-state index >= 15 is 8.78 Å². The van der Waals surface area contributed by atoms with E-state index in [1.54, 1.807) is 18.5 Å². The van der Waals surface area contributed by atoms with E-state index in [1.807, 2.05) is 30.3 Å². The first-order chi connectivity index (χ1) is 29.6. The average molecular weight is 873 g/mol. The van der Waals surface area contributed by atoms with Gasteiger partial charge in [-0.05, 0) is 84.7 Å². The maximum atomic E-state index is 15.5. The number of thiazole rings is 1. The van der Waals surface area contributed by atoms with E-state index in [9.17, 15) is 31.5 Å². The Bertz CT molecular complexity index is 2810. The Morgan fingerprint density at radius 2 is 1.65 bits per heavy atom. The minimum Gasteiger partial charge on any atom is -0.368 e. The largest absolute Gasteiger partial charge is 0.435 e. The number of carbonyl (C=O) groups is 2. The predicted molar refractivity (Wildman–Crippen MR) is 214 cm³/mol. The highest BCUT2D eigenvalue weighted by Gasteiger charge is 2.68. The molecule has 4 aromatic heterocycles. The molecule has 5 heterocycles. The van der Waals surface area contributed by atoms with Gasteiger partial charge in [-0.15, -0.1) is 0 Å². The van der Waals surface area contributed by atoms with Crippen molar-refractivity contribution in [3.63, 3.8) is 0 Å². The number of amides is 1. The van der Waals surface area contributed by atoms with Crippen molar-refractivity contribution >= 4 is 44.2 Å². The number of ketones is 1. The van der Waals surface area contributed by atoms with Gasteiger partial charge in [0.2, 0.25) is 5.91 Å². The van der Waals surface area contributed by atoms with Crippen molar-refractivity contribution in [3.05, 3.63) is 118 Å². The maximum Gasteiger partial charge on any atom is 0.435 e. The third kappa shape index (κ3) is 6.51. The van der Waals surface area contributed by atoms with Gasteiger partial charge in [0, 0.05) is 84.8 Å². The lowest BCUT2D eigenvalue weighted by Gasteiger charge is -2.35. The minimum absolute atomic E-state index is 0.000398. The SMILES string of the molecule is O=C(Cn1nc(C(F)(F)F)c2c1C(F)(F)[C@@H]1C[C@H]21)N[C@@H](Cc1cc(F)cc(F)c1)c1nc2nc(N3CCN(c4ccncc4)CC3)sc2cc1-c1ccc2c(c1)C(=O)CC21CC1. The van der Waals surface area contributed by atoms with Crippen LogP contribution in [0.1, 0.15) is 81.8 Å². The summed E-state index contributed by atoms with van der Waals surface area (Å²) in [6, 6.07) is 12.9. The third-order valence-corrected chi connectivity index (χ3v) is 14.1. The summed E-state index contributed by atoms with van der Waals surface area (Å²) in [5, 5.41) is 6.97. The number of piperazine rings is 1. The first-order valence-electron chi connectivity index (χ1n) is 20.4. The van der Waals surface area contributed by atoms with Crippen LogP contribution in [0, 0.1) is 17.6 Å². The van der Waals surface area contributed by atoms with Crippen LogP contribution in [0.3, 0.4) is 0 Å². The van der Waals surface area contributed by atoms with Gasteiger partial charge in [-0.25, -0.2) is 13.8 Å². The fourth-order valence-electron chi connectivity index (χ4n) is 9.86. The van der Waals surface area contributed by atoms with Crippen LogP contribution in [0.25, 0.3) is 21.5 Å². The summed E-state index contributed by atoms with van der Waals surface area (Å²) < 4.78 is 104. The molecule has 62 heavy (non-hydrogen) atoms. The van der Waals surface area contributed by atoms with Gasteiger partial charge in [-0.3, -0.25) is 19.3 Å². The summed E-state index contributed by atoms with van der Waals surface area (Å²) in [5.41, 5.74) is 1.10. The Hall–Kier alpha value is -5.91. The minimum atomic E-state index is -5.03. The molecule has 6 aromatic rings. The molecule has 4 aliphatic carbocycles. The Labute approximate surface area is 352 Å². The summed E-state index contributed by atoms with van der Waals surface area (Å²) in [4.78, 5) is 45.8. The number of aromatic nitrogens is 5. The topological polar surface area (TPSA) is 109 Å². The van der Waals surface area contributed by atoms with Gasteiger partial charge in [0.1, 0.15) is 23.9 Å². The Kier molecular flexibility index (Phi) is 8.67. The Morgan fingerprint density at radius 3 is 2.35 bits per heavy atom. The molecule has 318 valence electrons. The van der Waals surface area contributed by atoms with Crippen LogP contribution in [0.15, 0.2) is 67.0 Å². The molecule has 0 bridgehead atoms. The molecule has 3 atom stereocenters. The van der Waals surface area contributed by atoms with Crippen molar-refractivity contribution in [1.82, 2.24) is 30.0 Å². The van der Waals surface area contributed by atoms with Crippen LogP contribution in [-0.4, -0.2) is 62.6 Å². The lowest BCUT2D eigenvalue weighted by Crippen LogP contribution is -2.46. The summed E-state index contributed by atoms with van der Waals surface area (Å²) in [6.07, 6.45) is 0.278. The van der Waals surface area contributed by atoms with Gasteiger partial charge in [-0.2, -0.15) is 32.0 Å². The Morgan fingerprint density at radius 1 is 0.919 bits per heavy atom. The number of rotatable bonds is 9. The van der Waals surface area contributed by atoms with Crippen LogP contribution >= 0.6 is 11.3 Å². The first kappa shape index (κ1) is 39.0. The number of nitrogens with one attached hydrogen (secondary N) is 1. The van der Waals surface area contributed by atoms with Gasteiger partial charge in [0.15, 0.2) is 22.3 Å². The number of carbonyl (C=O) groups excluding carboxylic acids is 2. The van der Waals surface area contributed by atoms with Crippen LogP contribution in [0.4, 0.5) is 41.6 Å². The molecular formula is C44H35F7N8O2S. The second-order valence-electron chi connectivity index (χ2n) is 17.0. The number of Topliss-reactive ketones (excluding diaryl/α,β-unsaturated/α-hetero) is 1. The highest BCUT2D eigenvalue weighted by molar-refractivity contribution is 7.22. The molecule has 1 amide bonds. The molecule has 1 N–H and O–H groups in total. The highest BCUT2D eigenvalue weighted by atomic mass is 32.1. The number of halogens is 7. The van der Waals surface area contributed by atoms with E-state index in [0.717, 1.165) is 36.2 Å². The Balaban J connectivity index is 0.994. The molecule has 1 saturated heterocycles. The van der Waals surface area contributed by atoms with Crippen molar-refractivity contribution in [2.75, 3.05) is 36.0 Å². The maximum absolute atomic E-state index is 15.5. The highest BCUT2D eigenvalue weighted by Crippen LogP contribution is 2.68. The molecule has 2 saturated carbocycles. The van der Waals surface area contributed by atoms with Crippen molar-refractivity contribution in [3.8, 4) is 11.1 Å². The monoisotopic (exact) mass is 872 g/mol. The summed E-state index contributed by atoms with van der Waals surface area (Å²) in [6.45, 7) is 1.72. The molecule has 2 aromatic carbocycles. The molecule has 1 aliphatic heterocycles. The van der Waals surface area contributed by atoms with Crippen LogP contribution in [-0.2, 0) is 35.3 Å². The number of alkyl halides is 5. The zero-order chi connectivity index (χ0) is 42.9. The summed E-state index contributed by atoms with van der Waals surface area (Å²) in [7, 11) is 0. The molecule has 1 spiro atoms. The van der Waals surface area contributed by atoms with E-state index in [-0.39, 0.29) is 35.3 Å². The second kappa shape index (κ2) is 13.8. The van der Waals surface area contributed by atoms with E-state index in [0.29, 0.717) is 75.5 Å². The van der Waals surface area contributed by atoms with Crippen LogP contribution < -0.4 is 15.1 Å². The predicted octanol–water partition coefficient (Wildman–Crippen LogP) is 8.50. The number of fused-ring (bicyclic) bond motifs is 6. The molecule has 18 heteroatoms. The number of hydrogen-bond acceptors (Lipinski definition) is 9. The van der Waals surface area contributed by atoms with Crippen LogP contribution in [0.2, 0.25) is 0 Å². The number of pyridine rings is 2. The average Bonchev–Trinajstić information content (AvgIpc) is 4.07. The van der Waals surface area contributed by atoms with Gasteiger partial charge in [0.25, 0.3) is 5.92 Å². The lowest BCUT2D eigenvalue weighted by molar-refractivity contribution is -0.142. The van der Waals surface area contributed by atoms with E-state index < -0.39 is 71.0 Å². The molecular weight excluding hydrogens is 838 g/mol. The zero-order valence-electron chi connectivity index (χ0n) is 32.7. The van der Waals surface area contributed by atoms with E-state index in [4.69, 9.17) is 9.97 Å². The smallest absolute Gasteiger partial charge is 0.368 e. The standard InChI is InChI=1S/C44H35F7N8O2S/c45-24-13-22(14-25(46)17-24)15-32(53-35(61)21-59-39-36(38(56-59)44(49,50)51)29-18-31(29)43(39,47)48)37-27(23-1-2-30-28(16-23)33(60)20-42(30)5-6-42)19-34-40(54-37)55-41(62-34)58-11-9-57(10-12-58)26-3-7-52-8-4-26/h1-4,7-8,13-14,16-17,19,29,31-32H,5-6,9-12,15,18,20-21H2,(H,53,61)/t29-,31+,32-/m0/s1. The van der Waals surface area contributed by atoms with Crippen molar-refractivity contribution in [1.29, 1.82) is 0 Å². The van der Waals surface area contributed by atoms with Crippen molar-refractivity contribution < 1.29 is 40.3 Å².